The summed E-state index contributed by atoms with van der Waals surface area (Å²) in [6.45, 7) is 1.19. The van der Waals surface area contributed by atoms with Gasteiger partial charge in [0.15, 0.2) is 6.08 Å². The van der Waals surface area contributed by atoms with E-state index in [-0.39, 0.29) is 5.56 Å². The summed E-state index contributed by atoms with van der Waals surface area (Å²) in [5, 5.41) is 0.298. The Bertz CT molecular complexity index is 425. The van der Waals surface area contributed by atoms with E-state index >= 15 is 0 Å². The zero-order valence-corrected chi connectivity index (χ0v) is 8.34. The molecule has 1 aromatic rings. The number of halogens is 1. The molecular weight excluding hydrogens is 200 g/mol. The third-order valence-corrected chi connectivity index (χ3v) is 1.82. The average molecular weight is 210 g/mol. The fourth-order valence-electron chi connectivity index (χ4n) is 0.951. The molecule has 3 heteroatoms. The van der Waals surface area contributed by atoms with Crippen molar-refractivity contribution < 1.29 is 10.9 Å². The van der Waals surface area contributed by atoms with Crippen LogP contribution in [0, 0.1) is 12.3 Å². The number of esters is 1. The number of hydrogen-bond acceptors (Lipinski definition) is 2. The molecule has 0 radical (unpaired) electrons. The molecule has 2 nitrogen and oxygen atoms in total. The molecular formula is C11H9ClO2. The molecule has 0 saturated carbocycles. The summed E-state index contributed by atoms with van der Waals surface area (Å²) in [6.07, 6.45) is 3.33. The van der Waals surface area contributed by atoms with Gasteiger partial charge in [0.05, 0.1) is 1.37 Å². The number of ether oxygens (including phenoxy) is 1. The normalized spacial score (nSPS) is 14.8. The molecule has 0 spiro atoms. The van der Waals surface area contributed by atoms with Crippen molar-refractivity contribution in [1.29, 1.82) is 0 Å². The van der Waals surface area contributed by atoms with Gasteiger partial charge < -0.3 is 4.74 Å². The standard InChI is InChI=1S/C11H9ClO2/c1-3-11(14-8(2)13)9-6-4-5-7-10(9)12/h1,4-7,11H,2H3/i11D. The molecule has 1 aromatic carbocycles. The molecule has 0 heterocycles. The summed E-state index contributed by atoms with van der Waals surface area (Å²) in [7, 11) is 0. The van der Waals surface area contributed by atoms with Crippen molar-refractivity contribution in [2.24, 2.45) is 0 Å². The summed E-state index contributed by atoms with van der Waals surface area (Å²) in [5.74, 6) is 1.48. The van der Waals surface area contributed by atoms with E-state index in [9.17, 15) is 4.79 Å². The van der Waals surface area contributed by atoms with E-state index in [1.807, 2.05) is 0 Å². The number of rotatable bonds is 2. The monoisotopic (exact) mass is 209 g/mol. The van der Waals surface area contributed by atoms with Gasteiger partial charge >= 0.3 is 5.97 Å². The highest BCUT2D eigenvalue weighted by atomic mass is 35.5. The Kier molecular flexibility index (Phi) is 3.05. The van der Waals surface area contributed by atoms with Gasteiger partial charge in [-0.15, -0.1) is 6.42 Å². The Hall–Kier alpha value is -1.46. The maximum absolute atomic E-state index is 10.8. The van der Waals surface area contributed by atoms with Crippen LogP contribution in [0.2, 0.25) is 5.02 Å². The lowest BCUT2D eigenvalue weighted by Crippen LogP contribution is -2.06. The van der Waals surface area contributed by atoms with Gasteiger partial charge in [0.1, 0.15) is 0 Å². The first-order valence-corrected chi connectivity index (χ1v) is 4.30. The fourth-order valence-corrected chi connectivity index (χ4v) is 1.17. The van der Waals surface area contributed by atoms with E-state index in [1.54, 1.807) is 24.3 Å². The number of hydrogen-bond donors (Lipinski definition) is 0. The van der Waals surface area contributed by atoms with Crippen LogP contribution in [0.4, 0.5) is 0 Å². The quantitative estimate of drug-likeness (QED) is 0.553. The summed E-state index contributed by atoms with van der Waals surface area (Å²) < 4.78 is 12.6. The number of terminal acetylenes is 1. The Morgan fingerprint density at radius 3 is 2.86 bits per heavy atom. The van der Waals surface area contributed by atoms with Gasteiger partial charge in [-0.2, -0.15) is 0 Å². The van der Waals surface area contributed by atoms with Crippen LogP contribution in [0.25, 0.3) is 0 Å². The van der Waals surface area contributed by atoms with Gasteiger partial charge in [0.25, 0.3) is 0 Å². The van der Waals surface area contributed by atoms with Crippen molar-refractivity contribution in [1.82, 2.24) is 0 Å². The predicted molar refractivity (Wildman–Crippen MR) is 54.8 cm³/mol. The maximum atomic E-state index is 10.8. The van der Waals surface area contributed by atoms with Crippen LogP contribution in [0.5, 0.6) is 0 Å². The first-order chi connectivity index (χ1) is 6.99. The molecule has 1 unspecified atom stereocenters. The molecule has 0 aliphatic heterocycles. The van der Waals surface area contributed by atoms with Crippen molar-refractivity contribution in [3.8, 4) is 12.3 Å². The number of carbonyl (C=O) groups is 1. The highest BCUT2D eigenvalue weighted by molar-refractivity contribution is 6.31. The largest absolute Gasteiger partial charge is 0.444 e. The van der Waals surface area contributed by atoms with Crippen LogP contribution < -0.4 is 0 Å². The van der Waals surface area contributed by atoms with Gasteiger partial charge in [-0.3, -0.25) is 4.79 Å². The van der Waals surface area contributed by atoms with Crippen LogP contribution in [-0.4, -0.2) is 5.97 Å². The minimum absolute atomic E-state index is 0.282. The molecule has 1 rings (SSSR count). The molecule has 72 valence electrons. The Labute approximate surface area is 89.2 Å². The fraction of sp³-hybridized carbons (Fsp3) is 0.182. The highest BCUT2D eigenvalue weighted by Gasteiger charge is 2.13. The van der Waals surface area contributed by atoms with Crippen LogP contribution in [0.1, 0.15) is 19.9 Å². The smallest absolute Gasteiger partial charge is 0.304 e. The lowest BCUT2D eigenvalue weighted by atomic mass is 10.1. The van der Waals surface area contributed by atoms with Crippen LogP contribution in [0.3, 0.4) is 0 Å². The van der Waals surface area contributed by atoms with E-state index < -0.39 is 12.0 Å². The number of carbonyl (C=O) groups excluding carboxylic acids is 1. The van der Waals surface area contributed by atoms with Gasteiger partial charge in [0.2, 0.25) is 0 Å². The average Bonchev–Trinajstić information content (AvgIpc) is 2.17. The van der Waals surface area contributed by atoms with Crippen molar-refractivity contribution in [3.63, 3.8) is 0 Å². The zero-order valence-electron chi connectivity index (χ0n) is 8.58. The molecule has 14 heavy (non-hydrogen) atoms. The molecule has 0 aliphatic carbocycles. The maximum Gasteiger partial charge on any atom is 0.304 e. The Balaban J connectivity index is 3.18. The minimum Gasteiger partial charge on any atom is -0.444 e. The summed E-state index contributed by atoms with van der Waals surface area (Å²) in [5.41, 5.74) is 0.282. The SMILES string of the molecule is [2H]C(C#C)(OC(C)=O)c1ccccc1Cl. The minimum atomic E-state index is -1.86. The molecule has 0 N–H and O–H groups in total. The molecule has 1 atom stereocenters. The van der Waals surface area contributed by atoms with Crippen LogP contribution in [-0.2, 0) is 9.53 Å². The molecule has 0 fully saturated rings. The summed E-state index contributed by atoms with van der Waals surface area (Å²) in [4.78, 5) is 10.8. The molecule has 0 amide bonds. The second-order valence-corrected chi connectivity index (χ2v) is 2.95. The van der Waals surface area contributed by atoms with Crippen molar-refractivity contribution in [2.75, 3.05) is 0 Å². The second kappa shape index (κ2) is 4.69. The first kappa shape index (κ1) is 9.11. The van der Waals surface area contributed by atoms with E-state index in [4.69, 9.17) is 24.1 Å². The van der Waals surface area contributed by atoms with E-state index in [0.29, 0.717) is 5.02 Å². The molecule has 0 bridgehead atoms. The first-order valence-electron chi connectivity index (χ1n) is 4.42. The van der Waals surface area contributed by atoms with Gasteiger partial charge in [0, 0.05) is 17.5 Å². The summed E-state index contributed by atoms with van der Waals surface area (Å²) >= 11 is 5.86. The Morgan fingerprint density at radius 2 is 2.36 bits per heavy atom. The molecule has 0 aliphatic rings. The zero-order chi connectivity index (χ0) is 11.5. The van der Waals surface area contributed by atoms with E-state index in [2.05, 4.69) is 5.92 Å². The van der Waals surface area contributed by atoms with E-state index in [0.717, 1.165) is 0 Å². The van der Waals surface area contributed by atoms with Crippen molar-refractivity contribution >= 4 is 17.6 Å². The predicted octanol–water partition coefficient (Wildman–Crippen LogP) is 2.58. The van der Waals surface area contributed by atoms with Crippen molar-refractivity contribution in [3.05, 3.63) is 34.9 Å². The topological polar surface area (TPSA) is 26.3 Å². The van der Waals surface area contributed by atoms with Gasteiger partial charge in [-0.1, -0.05) is 35.7 Å². The molecule has 0 saturated heterocycles. The van der Waals surface area contributed by atoms with Gasteiger partial charge in [-0.25, -0.2) is 0 Å². The van der Waals surface area contributed by atoms with E-state index in [1.165, 1.54) is 6.92 Å². The third-order valence-electron chi connectivity index (χ3n) is 1.50. The number of benzene rings is 1. The lowest BCUT2D eigenvalue weighted by molar-refractivity contribution is -0.144. The summed E-state index contributed by atoms with van der Waals surface area (Å²) in [6, 6.07) is 6.51. The highest BCUT2D eigenvalue weighted by Crippen LogP contribution is 2.24. The lowest BCUT2D eigenvalue weighted by Gasteiger charge is -2.12. The van der Waals surface area contributed by atoms with Crippen LogP contribution in [0.15, 0.2) is 24.3 Å². The van der Waals surface area contributed by atoms with Gasteiger partial charge in [-0.05, 0) is 6.07 Å². The third kappa shape index (κ3) is 2.51. The molecule has 0 aromatic heterocycles. The van der Waals surface area contributed by atoms with Crippen LogP contribution >= 0.6 is 11.6 Å². The Morgan fingerprint density at radius 1 is 1.71 bits per heavy atom. The second-order valence-electron chi connectivity index (χ2n) is 2.55. The van der Waals surface area contributed by atoms with Crippen molar-refractivity contribution in [2.45, 2.75) is 13.0 Å².